The lowest BCUT2D eigenvalue weighted by molar-refractivity contribution is -0.145. The molecular formula is C31H41N3O4. The topological polar surface area (TPSA) is 87.7 Å². The van der Waals surface area contributed by atoms with Crippen molar-refractivity contribution in [1.82, 2.24) is 10.2 Å². The van der Waals surface area contributed by atoms with Gasteiger partial charge in [-0.15, -0.1) is 0 Å². The molecule has 0 unspecified atom stereocenters. The van der Waals surface area contributed by atoms with Crippen LogP contribution in [0.15, 0.2) is 30.4 Å². The SMILES string of the molecule is Cc1cc(C)cc(NC(=O)[C@@H]2[C@@H]3C=C[C@]4(O3)[C@@H]2C(=O)N(C2CCC(C)CC2)[C@H]4C(=O)NC2CCCCC2)c1. The van der Waals surface area contributed by atoms with E-state index in [4.69, 9.17) is 4.74 Å². The Morgan fingerprint density at radius 2 is 1.63 bits per heavy atom. The lowest BCUT2D eigenvalue weighted by Crippen LogP contribution is -2.58. The standard InChI is InChI=1S/C31H41N3O4/c1-18-9-11-23(12-10-18)34-27(29(36)32-21-7-5-4-6-8-21)31-14-13-24(38-31)25(26(31)30(34)37)28(35)33-22-16-19(2)15-20(3)17-22/h13-18,21,23-27H,4-12H2,1-3H3,(H,32,36)(H,33,35)/t18?,23?,24-,25+,26-,27-,31-/m0/s1. The first kappa shape index (κ1) is 25.6. The molecule has 7 heteroatoms. The van der Waals surface area contributed by atoms with Crippen LogP contribution in [0.3, 0.4) is 0 Å². The van der Waals surface area contributed by atoms with Crippen molar-refractivity contribution in [1.29, 1.82) is 0 Å². The normalized spacial score (nSPS) is 36.4. The van der Waals surface area contributed by atoms with Crippen molar-refractivity contribution < 1.29 is 19.1 Å². The molecule has 2 saturated carbocycles. The van der Waals surface area contributed by atoms with Gasteiger partial charge in [-0.2, -0.15) is 0 Å². The number of hydrogen-bond donors (Lipinski definition) is 2. The second-order valence-electron chi connectivity index (χ2n) is 12.6. The van der Waals surface area contributed by atoms with Crippen LogP contribution in [0, 0.1) is 31.6 Å². The summed E-state index contributed by atoms with van der Waals surface area (Å²) in [5.41, 5.74) is 1.77. The number of carbonyl (C=O) groups excluding carboxylic acids is 3. The van der Waals surface area contributed by atoms with E-state index >= 15 is 0 Å². The van der Waals surface area contributed by atoms with Crippen LogP contribution in [0.1, 0.15) is 75.8 Å². The number of ether oxygens (including phenoxy) is 1. The maximum absolute atomic E-state index is 14.3. The number of hydrogen-bond acceptors (Lipinski definition) is 4. The first-order valence-electron chi connectivity index (χ1n) is 14.7. The summed E-state index contributed by atoms with van der Waals surface area (Å²) in [6.07, 6.45) is 12.6. The number of nitrogens with zero attached hydrogens (tertiary/aromatic N) is 1. The molecule has 2 saturated heterocycles. The van der Waals surface area contributed by atoms with Crippen LogP contribution in [0.5, 0.6) is 0 Å². The lowest BCUT2D eigenvalue weighted by Gasteiger charge is -2.40. The molecule has 4 fully saturated rings. The van der Waals surface area contributed by atoms with Gasteiger partial charge in [0, 0.05) is 17.8 Å². The third-order valence-corrected chi connectivity index (χ3v) is 9.68. The molecule has 5 atom stereocenters. The van der Waals surface area contributed by atoms with Crippen LogP contribution < -0.4 is 10.6 Å². The molecule has 1 aromatic carbocycles. The number of nitrogens with one attached hydrogen (secondary N) is 2. The molecule has 2 N–H and O–H groups in total. The quantitative estimate of drug-likeness (QED) is 0.564. The van der Waals surface area contributed by atoms with E-state index < -0.39 is 29.6 Å². The zero-order valence-corrected chi connectivity index (χ0v) is 22.9. The van der Waals surface area contributed by atoms with Gasteiger partial charge in [0.25, 0.3) is 0 Å². The molecule has 7 nitrogen and oxygen atoms in total. The van der Waals surface area contributed by atoms with Gasteiger partial charge in [-0.05, 0) is 81.5 Å². The first-order chi connectivity index (χ1) is 18.3. The van der Waals surface area contributed by atoms with Gasteiger partial charge in [0.15, 0.2) is 0 Å². The number of anilines is 1. The predicted octanol–water partition coefficient (Wildman–Crippen LogP) is 4.42. The van der Waals surface area contributed by atoms with Crippen LogP contribution in [-0.2, 0) is 19.1 Å². The fraction of sp³-hybridized carbons (Fsp3) is 0.645. The number of fused-ring (bicyclic) bond motifs is 1. The minimum Gasteiger partial charge on any atom is -0.359 e. The Hall–Kier alpha value is -2.67. The van der Waals surface area contributed by atoms with Crippen molar-refractivity contribution >= 4 is 23.4 Å². The molecule has 5 aliphatic rings. The maximum Gasteiger partial charge on any atom is 0.246 e. The Morgan fingerprint density at radius 3 is 2.32 bits per heavy atom. The van der Waals surface area contributed by atoms with Gasteiger partial charge < -0.3 is 20.3 Å². The number of benzene rings is 1. The van der Waals surface area contributed by atoms with Gasteiger partial charge in [-0.3, -0.25) is 14.4 Å². The van der Waals surface area contributed by atoms with Gasteiger partial charge in [0.1, 0.15) is 11.6 Å². The number of aryl methyl sites for hydroxylation is 2. The Kier molecular flexibility index (Phi) is 6.61. The predicted molar refractivity (Wildman–Crippen MR) is 145 cm³/mol. The summed E-state index contributed by atoms with van der Waals surface area (Å²) >= 11 is 0. The Morgan fingerprint density at radius 1 is 0.947 bits per heavy atom. The highest BCUT2D eigenvalue weighted by Gasteiger charge is 2.73. The zero-order valence-electron chi connectivity index (χ0n) is 22.9. The summed E-state index contributed by atoms with van der Waals surface area (Å²) in [6, 6.07) is 5.35. The highest BCUT2D eigenvalue weighted by molar-refractivity contribution is 6.03. The van der Waals surface area contributed by atoms with E-state index in [0.29, 0.717) is 5.92 Å². The average molecular weight is 520 g/mol. The van der Waals surface area contributed by atoms with E-state index in [-0.39, 0.29) is 29.8 Å². The molecule has 0 radical (unpaired) electrons. The van der Waals surface area contributed by atoms with Gasteiger partial charge >= 0.3 is 0 Å². The Labute approximate surface area is 225 Å². The number of likely N-dealkylation sites (tertiary alicyclic amines) is 1. The molecule has 6 rings (SSSR count). The average Bonchev–Trinajstić information content (AvgIpc) is 3.52. The molecule has 2 aliphatic carbocycles. The number of carbonyl (C=O) groups is 3. The van der Waals surface area contributed by atoms with Crippen molar-refractivity contribution in [2.75, 3.05) is 5.32 Å². The molecule has 3 heterocycles. The summed E-state index contributed by atoms with van der Waals surface area (Å²) in [5, 5.41) is 6.36. The second kappa shape index (κ2) is 9.82. The van der Waals surface area contributed by atoms with Gasteiger partial charge in [0.2, 0.25) is 17.7 Å². The third-order valence-electron chi connectivity index (χ3n) is 9.68. The molecule has 38 heavy (non-hydrogen) atoms. The monoisotopic (exact) mass is 519 g/mol. The number of amides is 3. The van der Waals surface area contributed by atoms with Crippen molar-refractivity contribution in [3.8, 4) is 0 Å². The Balaban J connectivity index is 1.32. The summed E-state index contributed by atoms with van der Waals surface area (Å²) in [4.78, 5) is 43.9. The van der Waals surface area contributed by atoms with E-state index in [9.17, 15) is 14.4 Å². The molecule has 204 valence electrons. The highest BCUT2D eigenvalue weighted by Crippen LogP contribution is 2.56. The van der Waals surface area contributed by atoms with Crippen molar-refractivity contribution in [3.05, 3.63) is 41.5 Å². The second-order valence-corrected chi connectivity index (χ2v) is 12.6. The molecule has 1 aromatic rings. The molecule has 1 spiro atoms. The fourth-order valence-electron chi connectivity index (χ4n) is 7.92. The molecule has 0 aromatic heterocycles. The summed E-state index contributed by atoms with van der Waals surface area (Å²) in [7, 11) is 0. The minimum atomic E-state index is -1.09. The van der Waals surface area contributed by atoms with E-state index in [1.807, 2.05) is 43.0 Å². The van der Waals surface area contributed by atoms with Crippen LogP contribution >= 0.6 is 0 Å². The largest absolute Gasteiger partial charge is 0.359 e. The van der Waals surface area contributed by atoms with Crippen molar-refractivity contribution in [3.63, 3.8) is 0 Å². The highest BCUT2D eigenvalue weighted by atomic mass is 16.5. The lowest BCUT2D eigenvalue weighted by atomic mass is 9.74. The molecule has 3 amide bonds. The molecule has 3 aliphatic heterocycles. The van der Waals surface area contributed by atoms with Crippen LogP contribution in [-0.4, -0.2) is 52.5 Å². The van der Waals surface area contributed by atoms with Crippen LogP contribution in [0.25, 0.3) is 0 Å². The Bertz CT molecular complexity index is 1130. The van der Waals surface area contributed by atoms with Gasteiger partial charge in [-0.25, -0.2) is 0 Å². The molecular weight excluding hydrogens is 478 g/mol. The summed E-state index contributed by atoms with van der Waals surface area (Å²) < 4.78 is 6.54. The van der Waals surface area contributed by atoms with Crippen LogP contribution in [0.2, 0.25) is 0 Å². The number of rotatable bonds is 5. The van der Waals surface area contributed by atoms with E-state index in [0.717, 1.165) is 68.2 Å². The smallest absolute Gasteiger partial charge is 0.246 e. The van der Waals surface area contributed by atoms with E-state index in [1.165, 1.54) is 6.42 Å². The fourth-order valence-corrected chi connectivity index (χ4v) is 7.92. The van der Waals surface area contributed by atoms with Crippen molar-refractivity contribution in [2.24, 2.45) is 17.8 Å². The summed E-state index contributed by atoms with van der Waals surface area (Å²) in [6.45, 7) is 6.25. The zero-order chi connectivity index (χ0) is 26.6. The van der Waals surface area contributed by atoms with E-state index in [2.05, 4.69) is 23.6 Å². The summed E-state index contributed by atoms with van der Waals surface area (Å²) in [5.74, 6) is -1.15. The molecule has 2 bridgehead atoms. The first-order valence-corrected chi connectivity index (χ1v) is 14.7. The van der Waals surface area contributed by atoms with Gasteiger partial charge in [0.05, 0.1) is 17.9 Å². The van der Waals surface area contributed by atoms with Gasteiger partial charge in [-0.1, -0.05) is 44.4 Å². The van der Waals surface area contributed by atoms with Crippen molar-refractivity contribution in [2.45, 2.75) is 108 Å². The van der Waals surface area contributed by atoms with E-state index in [1.54, 1.807) is 0 Å². The minimum absolute atomic E-state index is 0.0000328. The van der Waals surface area contributed by atoms with Crippen LogP contribution in [0.4, 0.5) is 5.69 Å². The maximum atomic E-state index is 14.3. The third kappa shape index (κ3) is 4.27.